The molecule has 0 atom stereocenters. The van der Waals surface area contributed by atoms with Crippen molar-refractivity contribution in [1.82, 2.24) is 0 Å². The van der Waals surface area contributed by atoms with E-state index in [1.54, 1.807) is 24.3 Å². The number of hydrogen-bond acceptors (Lipinski definition) is 3. The highest BCUT2D eigenvalue weighted by molar-refractivity contribution is 6.30. The zero-order valence-corrected chi connectivity index (χ0v) is 12.4. The lowest BCUT2D eigenvalue weighted by Gasteiger charge is -2.15. The van der Waals surface area contributed by atoms with Crippen molar-refractivity contribution in [3.63, 3.8) is 0 Å². The number of rotatable bonds is 6. The summed E-state index contributed by atoms with van der Waals surface area (Å²) >= 11 is 5.74. The summed E-state index contributed by atoms with van der Waals surface area (Å²) in [4.78, 5) is 0. The summed E-state index contributed by atoms with van der Waals surface area (Å²) in [6, 6.07) is 9.73. The molecule has 0 radical (unpaired) electrons. The Kier molecular flexibility index (Phi) is 5.42. The number of para-hydroxylation sites is 1. The van der Waals surface area contributed by atoms with Crippen LogP contribution in [0.2, 0.25) is 5.02 Å². The van der Waals surface area contributed by atoms with Gasteiger partial charge in [-0.1, -0.05) is 29.8 Å². The molecule has 0 aliphatic carbocycles. The Balaban J connectivity index is 2.20. The normalized spacial score (nSPS) is 10.5. The van der Waals surface area contributed by atoms with E-state index in [9.17, 15) is 9.50 Å². The molecule has 3 nitrogen and oxygen atoms in total. The van der Waals surface area contributed by atoms with E-state index in [2.05, 4.69) is 0 Å². The second-order valence-corrected chi connectivity index (χ2v) is 4.78. The fraction of sp³-hybridized carbons (Fsp3) is 0.250. The lowest BCUT2D eigenvalue weighted by molar-refractivity contribution is 0.243. The molecule has 0 amide bonds. The second kappa shape index (κ2) is 7.29. The van der Waals surface area contributed by atoms with Crippen molar-refractivity contribution in [2.75, 3.05) is 6.61 Å². The van der Waals surface area contributed by atoms with E-state index in [0.717, 1.165) is 5.56 Å². The predicted octanol–water partition coefficient (Wildman–Crippen LogP) is 3.95. The van der Waals surface area contributed by atoms with Gasteiger partial charge in [-0.3, -0.25) is 0 Å². The number of aliphatic hydroxyl groups excluding tert-OH is 1. The molecule has 0 saturated carbocycles. The topological polar surface area (TPSA) is 38.7 Å². The van der Waals surface area contributed by atoms with Gasteiger partial charge < -0.3 is 14.6 Å². The lowest BCUT2D eigenvalue weighted by atomic mass is 10.2. The monoisotopic (exact) mass is 310 g/mol. The van der Waals surface area contributed by atoms with E-state index in [-0.39, 0.29) is 18.2 Å². The maximum atomic E-state index is 13.1. The number of benzene rings is 2. The van der Waals surface area contributed by atoms with Crippen LogP contribution >= 0.6 is 11.6 Å². The first kappa shape index (κ1) is 15.6. The SMILES string of the molecule is CCOc1cccc(CO)c1OCc1ccc(F)c(Cl)c1. The van der Waals surface area contributed by atoms with Crippen LogP contribution in [0, 0.1) is 5.82 Å². The van der Waals surface area contributed by atoms with Gasteiger partial charge in [0.05, 0.1) is 18.2 Å². The first-order valence-electron chi connectivity index (χ1n) is 6.58. The molecule has 21 heavy (non-hydrogen) atoms. The third-order valence-electron chi connectivity index (χ3n) is 2.90. The summed E-state index contributed by atoms with van der Waals surface area (Å²) in [6.07, 6.45) is 0. The molecule has 0 bridgehead atoms. The van der Waals surface area contributed by atoms with Gasteiger partial charge in [0.25, 0.3) is 0 Å². The molecule has 0 saturated heterocycles. The van der Waals surface area contributed by atoms with Gasteiger partial charge in [0.1, 0.15) is 12.4 Å². The molecule has 112 valence electrons. The van der Waals surface area contributed by atoms with Gasteiger partial charge in [-0.05, 0) is 30.7 Å². The van der Waals surface area contributed by atoms with Gasteiger partial charge in [0, 0.05) is 5.56 Å². The molecule has 0 spiro atoms. The summed E-state index contributed by atoms with van der Waals surface area (Å²) in [5, 5.41) is 9.43. The first-order chi connectivity index (χ1) is 10.2. The molecule has 0 aliphatic heterocycles. The Morgan fingerprint density at radius 1 is 1.19 bits per heavy atom. The summed E-state index contributed by atoms with van der Waals surface area (Å²) in [5.74, 6) is 0.589. The van der Waals surface area contributed by atoms with Crippen molar-refractivity contribution >= 4 is 11.6 Å². The zero-order chi connectivity index (χ0) is 15.2. The minimum absolute atomic E-state index is 0.0524. The Morgan fingerprint density at radius 2 is 2.00 bits per heavy atom. The Hall–Kier alpha value is -1.78. The molecular weight excluding hydrogens is 295 g/mol. The van der Waals surface area contributed by atoms with Crippen LogP contribution in [-0.2, 0) is 13.2 Å². The Bertz CT molecular complexity index is 616. The minimum atomic E-state index is -0.466. The molecule has 1 N–H and O–H groups in total. The summed E-state index contributed by atoms with van der Waals surface area (Å²) < 4.78 is 24.3. The third-order valence-corrected chi connectivity index (χ3v) is 3.19. The van der Waals surface area contributed by atoms with Crippen LogP contribution in [0.5, 0.6) is 11.5 Å². The maximum Gasteiger partial charge on any atom is 0.167 e. The van der Waals surface area contributed by atoms with E-state index < -0.39 is 5.82 Å². The molecule has 2 aromatic rings. The molecule has 0 heterocycles. The smallest absolute Gasteiger partial charge is 0.167 e. The van der Waals surface area contributed by atoms with Gasteiger partial charge in [0.2, 0.25) is 0 Å². The molecule has 0 aromatic heterocycles. The van der Waals surface area contributed by atoms with Crippen LogP contribution in [-0.4, -0.2) is 11.7 Å². The fourth-order valence-corrected chi connectivity index (χ4v) is 2.11. The second-order valence-electron chi connectivity index (χ2n) is 4.37. The van der Waals surface area contributed by atoms with Gasteiger partial charge in [-0.2, -0.15) is 0 Å². The van der Waals surface area contributed by atoms with Gasteiger partial charge in [-0.15, -0.1) is 0 Å². The maximum absolute atomic E-state index is 13.1. The average molecular weight is 311 g/mol. The Labute approximate surface area is 127 Å². The largest absolute Gasteiger partial charge is 0.490 e. The van der Waals surface area contributed by atoms with Gasteiger partial charge in [-0.25, -0.2) is 4.39 Å². The minimum Gasteiger partial charge on any atom is -0.490 e. The van der Waals surface area contributed by atoms with Crippen molar-refractivity contribution in [3.05, 3.63) is 58.4 Å². The van der Waals surface area contributed by atoms with Crippen LogP contribution in [0.15, 0.2) is 36.4 Å². The van der Waals surface area contributed by atoms with E-state index in [4.69, 9.17) is 21.1 Å². The van der Waals surface area contributed by atoms with Crippen LogP contribution in [0.4, 0.5) is 4.39 Å². The standard InChI is InChI=1S/C16H16ClFO3/c1-2-20-15-5-3-4-12(9-19)16(15)21-10-11-6-7-14(18)13(17)8-11/h3-8,19H,2,9-10H2,1H3. The molecule has 5 heteroatoms. The molecule has 0 unspecified atom stereocenters. The molecule has 2 rings (SSSR count). The van der Waals surface area contributed by atoms with Crippen molar-refractivity contribution in [2.24, 2.45) is 0 Å². The zero-order valence-electron chi connectivity index (χ0n) is 11.6. The summed E-state index contributed by atoms with van der Waals surface area (Å²) in [5.41, 5.74) is 1.37. The average Bonchev–Trinajstić information content (AvgIpc) is 2.49. The van der Waals surface area contributed by atoms with Crippen LogP contribution < -0.4 is 9.47 Å². The van der Waals surface area contributed by atoms with Crippen molar-refractivity contribution < 1.29 is 19.0 Å². The van der Waals surface area contributed by atoms with E-state index in [1.165, 1.54) is 12.1 Å². The quantitative estimate of drug-likeness (QED) is 0.878. The van der Waals surface area contributed by atoms with E-state index >= 15 is 0 Å². The molecular formula is C16H16ClFO3. The van der Waals surface area contributed by atoms with Crippen molar-refractivity contribution in [3.8, 4) is 11.5 Å². The number of hydrogen-bond donors (Lipinski definition) is 1. The van der Waals surface area contributed by atoms with Gasteiger partial charge >= 0.3 is 0 Å². The molecule has 0 aliphatic rings. The van der Waals surface area contributed by atoms with Crippen molar-refractivity contribution in [2.45, 2.75) is 20.1 Å². The predicted molar refractivity (Wildman–Crippen MR) is 79.3 cm³/mol. The van der Waals surface area contributed by atoms with Crippen molar-refractivity contribution in [1.29, 1.82) is 0 Å². The lowest BCUT2D eigenvalue weighted by Crippen LogP contribution is -2.03. The van der Waals surface area contributed by atoms with Gasteiger partial charge in [0.15, 0.2) is 11.5 Å². The van der Waals surface area contributed by atoms with E-state index in [0.29, 0.717) is 23.7 Å². The van der Waals surface area contributed by atoms with Crippen LogP contribution in [0.1, 0.15) is 18.1 Å². The van der Waals surface area contributed by atoms with Crippen LogP contribution in [0.3, 0.4) is 0 Å². The molecule has 0 fully saturated rings. The summed E-state index contributed by atoms with van der Waals surface area (Å²) in [7, 11) is 0. The first-order valence-corrected chi connectivity index (χ1v) is 6.95. The highest BCUT2D eigenvalue weighted by Gasteiger charge is 2.11. The summed E-state index contributed by atoms with van der Waals surface area (Å²) in [6.45, 7) is 2.42. The number of aliphatic hydroxyl groups is 1. The number of ether oxygens (including phenoxy) is 2. The molecule has 2 aromatic carbocycles. The highest BCUT2D eigenvalue weighted by Crippen LogP contribution is 2.32. The number of halogens is 2. The van der Waals surface area contributed by atoms with Crippen LogP contribution in [0.25, 0.3) is 0 Å². The highest BCUT2D eigenvalue weighted by atomic mass is 35.5. The fourth-order valence-electron chi connectivity index (χ4n) is 1.90. The van der Waals surface area contributed by atoms with E-state index in [1.807, 2.05) is 6.92 Å². The third kappa shape index (κ3) is 3.86. The Morgan fingerprint density at radius 3 is 2.67 bits per heavy atom.